The van der Waals surface area contributed by atoms with Gasteiger partial charge in [-0.1, -0.05) is 31.2 Å². The van der Waals surface area contributed by atoms with Gasteiger partial charge in [0.25, 0.3) is 0 Å². The second kappa shape index (κ2) is 6.42. The number of hydrogen-bond donors (Lipinski definition) is 0. The molecule has 1 aliphatic rings. The molecule has 3 nitrogen and oxygen atoms in total. The summed E-state index contributed by atoms with van der Waals surface area (Å²) >= 11 is 0. The molecule has 1 fully saturated rings. The summed E-state index contributed by atoms with van der Waals surface area (Å²) in [6, 6.07) is 8.38. The van der Waals surface area contributed by atoms with Crippen molar-refractivity contribution < 1.29 is 14.3 Å². The average molecular weight is 288 g/mol. The van der Waals surface area contributed by atoms with Crippen LogP contribution >= 0.6 is 0 Å². The summed E-state index contributed by atoms with van der Waals surface area (Å²) in [6.45, 7) is 4.29. The number of esters is 1. The van der Waals surface area contributed by atoms with Gasteiger partial charge >= 0.3 is 5.97 Å². The van der Waals surface area contributed by atoms with Gasteiger partial charge in [0.15, 0.2) is 0 Å². The van der Waals surface area contributed by atoms with Gasteiger partial charge in [-0.3, -0.25) is 9.59 Å². The lowest BCUT2D eigenvalue weighted by Gasteiger charge is -2.35. The van der Waals surface area contributed by atoms with E-state index in [0.717, 1.165) is 19.3 Å². The first-order valence-electron chi connectivity index (χ1n) is 7.60. The third-order valence-corrected chi connectivity index (χ3v) is 4.77. The summed E-state index contributed by atoms with van der Waals surface area (Å²) < 4.78 is 4.71. The molecule has 114 valence electrons. The highest BCUT2D eigenvalue weighted by atomic mass is 16.5. The average Bonchev–Trinajstić information content (AvgIpc) is 2.46. The third kappa shape index (κ3) is 3.72. The van der Waals surface area contributed by atoms with E-state index in [-0.39, 0.29) is 17.2 Å². The van der Waals surface area contributed by atoms with Gasteiger partial charge in [0.2, 0.25) is 0 Å². The number of Topliss-reactive ketones (excluding diaryl/α,β-unsaturated/α-hetero) is 1. The van der Waals surface area contributed by atoms with E-state index in [4.69, 9.17) is 4.74 Å². The zero-order chi connectivity index (χ0) is 15.5. The van der Waals surface area contributed by atoms with E-state index in [1.807, 2.05) is 6.07 Å². The molecule has 3 heteroatoms. The number of benzene rings is 1. The molecule has 1 saturated carbocycles. The zero-order valence-corrected chi connectivity index (χ0v) is 13.1. The van der Waals surface area contributed by atoms with E-state index < -0.39 is 5.92 Å². The summed E-state index contributed by atoms with van der Waals surface area (Å²) in [5, 5.41) is 0. The molecule has 0 bridgehead atoms. The Morgan fingerprint density at radius 3 is 2.71 bits per heavy atom. The van der Waals surface area contributed by atoms with Crippen molar-refractivity contribution in [1.29, 1.82) is 0 Å². The van der Waals surface area contributed by atoms with Gasteiger partial charge in [-0.2, -0.15) is 0 Å². The molecular weight excluding hydrogens is 264 g/mol. The van der Waals surface area contributed by atoms with Crippen molar-refractivity contribution in [3.05, 3.63) is 35.4 Å². The maximum absolute atomic E-state index is 12.2. The Kier molecular flexibility index (Phi) is 4.81. The van der Waals surface area contributed by atoms with Gasteiger partial charge in [0.05, 0.1) is 7.11 Å². The zero-order valence-electron chi connectivity index (χ0n) is 13.1. The Hall–Kier alpha value is -1.64. The van der Waals surface area contributed by atoms with Crippen LogP contribution in [0.25, 0.3) is 0 Å². The van der Waals surface area contributed by atoms with E-state index in [9.17, 15) is 9.59 Å². The van der Waals surface area contributed by atoms with Crippen LogP contribution in [0, 0.1) is 18.3 Å². The van der Waals surface area contributed by atoms with Gasteiger partial charge < -0.3 is 4.74 Å². The van der Waals surface area contributed by atoms with Crippen LogP contribution in [0.5, 0.6) is 0 Å². The Balaban J connectivity index is 1.97. The first kappa shape index (κ1) is 15.7. The number of methoxy groups -OCH3 is 1. The minimum atomic E-state index is -0.540. The van der Waals surface area contributed by atoms with Gasteiger partial charge in [0.1, 0.15) is 11.7 Å². The van der Waals surface area contributed by atoms with Gasteiger partial charge in [-0.05, 0) is 49.1 Å². The fourth-order valence-corrected chi connectivity index (χ4v) is 3.22. The second-order valence-corrected chi connectivity index (χ2v) is 6.49. The molecule has 0 amide bonds. The van der Waals surface area contributed by atoms with E-state index >= 15 is 0 Å². The maximum Gasteiger partial charge on any atom is 0.316 e. The largest absolute Gasteiger partial charge is 0.468 e. The van der Waals surface area contributed by atoms with Crippen molar-refractivity contribution in [2.75, 3.05) is 7.11 Å². The van der Waals surface area contributed by atoms with Crippen molar-refractivity contribution in [1.82, 2.24) is 0 Å². The van der Waals surface area contributed by atoms with Gasteiger partial charge in [-0.15, -0.1) is 0 Å². The number of ketones is 1. The predicted molar refractivity (Wildman–Crippen MR) is 82.0 cm³/mol. The normalized spacial score (nSPS) is 25.7. The van der Waals surface area contributed by atoms with Crippen molar-refractivity contribution in [2.24, 2.45) is 11.3 Å². The molecule has 1 aliphatic carbocycles. The lowest BCUT2D eigenvalue weighted by molar-refractivity contribution is -0.152. The number of hydrogen-bond acceptors (Lipinski definition) is 3. The minimum absolute atomic E-state index is 0.00386. The third-order valence-electron chi connectivity index (χ3n) is 4.77. The summed E-state index contributed by atoms with van der Waals surface area (Å²) in [7, 11) is 1.35. The summed E-state index contributed by atoms with van der Waals surface area (Å²) in [4.78, 5) is 23.8. The molecule has 0 saturated heterocycles. The van der Waals surface area contributed by atoms with Crippen LogP contribution in [-0.2, 0) is 20.7 Å². The number of aryl methyl sites for hydroxylation is 2. The summed E-state index contributed by atoms with van der Waals surface area (Å²) in [6.07, 6.45) is 3.98. The molecule has 1 aromatic rings. The molecule has 21 heavy (non-hydrogen) atoms. The van der Waals surface area contributed by atoms with Crippen LogP contribution in [-0.4, -0.2) is 18.9 Å². The molecule has 1 aromatic carbocycles. The number of rotatable bonds is 4. The number of ether oxygens (including phenoxy) is 1. The standard InChI is InChI=1S/C18H24O3/c1-13-6-4-5-7-14(13)8-10-18(2)11-9-15(16(19)12-18)17(20)21-3/h4-7,15H,8-12H2,1-3H3/t15?,18-/m0/s1. The summed E-state index contributed by atoms with van der Waals surface area (Å²) in [5.41, 5.74) is 2.65. The minimum Gasteiger partial charge on any atom is -0.468 e. The second-order valence-electron chi connectivity index (χ2n) is 6.49. The van der Waals surface area contributed by atoms with Crippen LogP contribution in [0.3, 0.4) is 0 Å². The van der Waals surface area contributed by atoms with Crippen LogP contribution in [0.4, 0.5) is 0 Å². The van der Waals surface area contributed by atoms with Crippen molar-refractivity contribution >= 4 is 11.8 Å². The molecule has 0 radical (unpaired) electrons. The maximum atomic E-state index is 12.2. The van der Waals surface area contributed by atoms with Crippen LogP contribution < -0.4 is 0 Å². The fraction of sp³-hybridized carbons (Fsp3) is 0.556. The number of carbonyl (C=O) groups is 2. The predicted octanol–water partition coefficient (Wildman–Crippen LogP) is 3.48. The Morgan fingerprint density at radius 2 is 2.10 bits per heavy atom. The van der Waals surface area contributed by atoms with Crippen molar-refractivity contribution in [3.8, 4) is 0 Å². The topological polar surface area (TPSA) is 43.4 Å². The Bertz CT molecular complexity index is 535. The summed E-state index contributed by atoms with van der Waals surface area (Å²) in [5.74, 6) is -0.872. The lowest BCUT2D eigenvalue weighted by atomic mass is 9.68. The van der Waals surface area contributed by atoms with E-state index in [1.165, 1.54) is 18.2 Å². The molecule has 0 aromatic heterocycles. The lowest BCUT2D eigenvalue weighted by Crippen LogP contribution is -2.36. The smallest absolute Gasteiger partial charge is 0.316 e. The molecule has 0 heterocycles. The molecule has 0 aliphatic heterocycles. The van der Waals surface area contributed by atoms with E-state index in [1.54, 1.807) is 0 Å². The first-order chi connectivity index (χ1) is 9.95. The first-order valence-corrected chi connectivity index (χ1v) is 7.60. The van der Waals surface area contributed by atoms with E-state index in [2.05, 4.69) is 32.0 Å². The molecule has 2 atom stereocenters. The number of carbonyl (C=O) groups excluding carboxylic acids is 2. The molecule has 2 rings (SSSR count). The van der Waals surface area contributed by atoms with Crippen LogP contribution in [0.2, 0.25) is 0 Å². The Morgan fingerprint density at radius 1 is 1.38 bits per heavy atom. The monoisotopic (exact) mass is 288 g/mol. The highest BCUT2D eigenvalue weighted by molar-refractivity contribution is 5.99. The van der Waals surface area contributed by atoms with E-state index in [0.29, 0.717) is 12.8 Å². The quantitative estimate of drug-likeness (QED) is 0.629. The van der Waals surface area contributed by atoms with Gasteiger partial charge in [0, 0.05) is 6.42 Å². The fourth-order valence-electron chi connectivity index (χ4n) is 3.22. The van der Waals surface area contributed by atoms with Gasteiger partial charge in [-0.25, -0.2) is 0 Å². The highest BCUT2D eigenvalue weighted by Crippen LogP contribution is 2.40. The van der Waals surface area contributed by atoms with Crippen LogP contribution in [0.1, 0.15) is 43.7 Å². The molecule has 0 spiro atoms. The highest BCUT2D eigenvalue weighted by Gasteiger charge is 2.40. The SMILES string of the molecule is COC(=O)C1CC[C@](C)(CCc2ccccc2C)CC1=O. The van der Waals surface area contributed by atoms with Crippen LogP contribution in [0.15, 0.2) is 24.3 Å². The molecular formula is C18H24O3. The molecule has 1 unspecified atom stereocenters. The van der Waals surface area contributed by atoms with Crippen molar-refractivity contribution in [2.45, 2.75) is 46.0 Å². The molecule has 0 N–H and O–H groups in total. The Labute approximate surface area is 126 Å². The van der Waals surface area contributed by atoms with Crippen molar-refractivity contribution in [3.63, 3.8) is 0 Å².